The van der Waals surface area contributed by atoms with Crippen LogP contribution in [-0.4, -0.2) is 32.5 Å². The van der Waals surface area contributed by atoms with Gasteiger partial charge in [0, 0.05) is 24.9 Å². The minimum atomic E-state index is -0.138. The summed E-state index contributed by atoms with van der Waals surface area (Å²) in [6.45, 7) is 4.75. The van der Waals surface area contributed by atoms with Crippen LogP contribution in [0.4, 0.5) is 0 Å². The molecule has 22 heavy (non-hydrogen) atoms. The molecule has 2 aromatic rings. The van der Waals surface area contributed by atoms with Gasteiger partial charge < -0.3 is 9.42 Å². The Labute approximate surface area is 129 Å². The molecule has 1 aliphatic rings. The topological polar surface area (TPSA) is 72.1 Å². The monoisotopic (exact) mass is 300 g/mol. The summed E-state index contributed by atoms with van der Waals surface area (Å²) in [4.78, 5) is 23.1. The molecular weight excluding hydrogens is 280 g/mol. The maximum absolute atomic E-state index is 12.7. The summed E-state index contributed by atoms with van der Waals surface area (Å²) in [6.07, 6.45) is 6.17. The maximum atomic E-state index is 12.7. The van der Waals surface area contributed by atoms with Gasteiger partial charge in [0.05, 0.1) is 5.56 Å². The fourth-order valence-corrected chi connectivity index (χ4v) is 2.70. The second kappa shape index (κ2) is 6.25. The minimum absolute atomic E-state index is 0.0258. The van der Waals surface area contributed by atoms with Gasteiger partial charge in [-0.05, 0) is 31.4 Å². The standard InChI is InChI=1S/C16H20N4O2/c1-11(2)14-18-15(22-19-14)13-7-3-4-9-20(13)16(21)12-6-5-8-17-10-12/h5-6,8,10-11,13H,3-4,7,9H2,1-2H3. The van der Waals surface area contributed by atoms with Crippen LogP contribution in [0.5, 0.6) is 0 Å². The molecule has 0 radical (unpaired) electrons. The van der Waals surface area contributed by atoms with Gasteiger partial charge in [0.2, 0.25) is 5.89 Å². The van der Waals surface area contributed by atoms with Gasteiger partial charge in [0.25, 0.3) is 5.91 Å². The Bertz CT molecular complexity index is 639. The van der Waals surface area contributed by atoms with Crippen LogP contribution in [0.3, 0.4) is 0 Å². The fourth-order valence-electron chi connectivity index (χ4n) is 2.70. The lowest BCUT2D eigenvalue weighted by molar-refractivity contribution is 0.0561. The van der Waals surface area contributed by atoms with E-state index in [2.05, 4.69) is 15.1 Å². The van der Waals surface area contributed by atoms with E-state index in [4.69, 9.17) is 4.52 Å². The average Bonchev–Trinajstić information content (AvgIpc) is 3.05. The summed E-state index contributed by atoms with van der Waals surface area (Å²) < 4.78 is 5.41. The number of nitrogens with zero attached hydrogens (tertiary/aromatic N) is 4. The van der Waals surface area contributed by atoms with E-state index in [0.717, 1.165) is 19.3 Å². The van der Waals surface area contributed by atoms with Crippen LogP contribution in [0.25, 0.3) is 0 Å². The van der Waals surface area contributed by atoms with Gasteiger partial charge in [-0.25, -0.2) is 0 Å². The van der Waals surface area contributed by atoms with Crippen molar-refractivity contribution in [2.24, 2.45) is 0 Å². The second-order valence-corrected chi connectivity index (χ2v) is 5.90. The number of carbonyl (C=O) groups excluding carboxylic acids is 1. The Morgan fingerprint density at radius 2 is 2.27 bits per heavy atom. The van der Waals surface area contributed by atoms with Crippen molar-refractivity contribution in [3.05, 3.63) is 41.8 Å². The molecule has 116 valence electrons. The molecule has 2 aromatic heterocycles. The number of likely N-dealkylation sites (tertiary alicyclic amines) is 1. The summed E-state index contributed by atoms with van der Waals surface area (Å²) in [6, 6.07) is 3.42. The molecule has 3 heterocycles. The van der Waals surface area contributed by atoms with Gasteiger partial charge in [-0.15, -0.1) is 0 Å². The predicted octanol–water partition coefficient (Wildman–Crippen LogP) is 2.96. The lowest BCUT2D eigenvalue weighted by Gasteiger charge is -2.33. The number of hydrogen-bond acceptors (Lipinski definition) is 5. The Balaban J connectivity index is 1.86. The predicted molar refractivity (Wildman–Crippen MR) is 80.3 cm³/mol. The van der Waals surface area contributed by atoms with Gasteiger partial charge >= 0.3 is 0 Å². The number of aromatic nitrogens is 3. The first-order valence-corrected chi connectivity index (χ1v) is 7.71. The maximum Gasteiger partial charge on any atom is 0.256 e. The summed E-state index contributed by atoms with van der Waals surface area (Å²) in [7, 11) is 0. The SMILES string of the molecule is CC(C)c1noc(C2CCCCN2C(=O)c2cccnc2)n1. The Morgan fingerprint density at radius 3 is 2.95 bits per heavy atom. The molecule has 3 rings (SSSR count). The minimum Gasteiger partial charge on any atom is -0.337 e. The first-order valence-electron chi connectivity index (χ1n) is 7.71. The van der Waals surface area contributed by atoms with Crippen molar-refractivity contribution >= 4 is 5.91 Å². The van der Waals surface area contributed by atoms with E-state index in [1.54, 1.807) is 24.5 Å². The first kappa shape index (κ1) is 14.7. The smallest absolute Gasteiger partial charge is 0.256 e. The average molecular weight is 300 g/mol. The third kappa shape index (κ3) is 2.86. The molecular formula is C16H20N4O2. The van der Waals surface area contributed by atoms with E-state index in [1.165, 1.54) is 0 Å². The van der Waals surface area contributed by atoms with E-state index in [1.807, 2.05) is 18.7 Å². The number of piperidine rings is 1. The summed E-state index contributed by atoms with van der Waals surface area (Å²) in [5, 5.41) is 4.02. The molecule has 0 saturated carbocycles. The molecule has 1 unspecified atom stereocenters. The number of amides is 1. The van der Waals surface area contributed by atoms with Crippen LogP contribution >= 0.6 is 0 Å². The zero-order valence-electron chi connectivity index (χ0n) is 12.9. The van der Waals surface area contributed by atoms with E-state index in [0.29, 0.717) is 23.8 Å². The highest BCUT2D eigenvalue weighted by molar-refractivity contribution is 5.94. The fraction of sp³-hybridized carbons (Fsp3) is 0.500. The molecule has 6 heteroatoms. The van der Waals surface area contributed by atoms with Crippen molar-refractivity contribution in [2.45, 2.75) is 45.1 Å². The largest absolute Gasteiger partial charge is 0.337 e. The van der Waals surface area contributed by atoms with Crippen LogP contribution in [0.1, 0.15) is 67.1 Å². The third-order valence-corrected chi connectivity index (χ3v) is 3.93. The summed E-state index contributed by atoms with van der Waals surface area (Å²) in [5.74, 6) is 1.42. The molecule has 0 bridgehead atoms. The van der Waals surface area contributed by atoms with Crippen LogP contribution < -0.4 is 0 Å². The van der Waals surface area contributed by atoms with Gasteiger partial charge in [-0.3, -0.25) is 9.78 Å². The highest BCUT2D eigenvalue weighted by Crippen LogP contribution is 2.31. The van der Waals surface area contributed by atoms with Crippen molar-refractivity contribution in [3.8, 4) is 0 Å². The number of carbonyl (C=O) groups is 1. The van der Waals surface area contributed by atoms with E-state index in [9.17, 15) is 4.79 Å². The number of hydrogen-bond donors (Lipinski definition) is 0. The molecule has 1 fully saturated rings. The molecule has 0 aliphatic carbocycles. The number of rotatable bonds is 3. The van der Waals surface area contributed by atoms with Crippen LogP contribution in [0.2, 0.25) is 0 Å². The quantitative estimate of drug-likeness (QED) is 0.871. The Morgan fingerprint density at radius 1 is 1.41 bits per heavy atom. The molecule has 1 amide bonds. The van der Waals surface area contributed by atoms with E-state index < -0.39 is 0 Å². The first-order chi connectivity index (χ1) is 10.7. The molecule has 0 aromatic carbocycles. The van der Waals surface area contributed by atoms with Gasteiger partial charge in [0.1, 0.15) is 6.04 Å². The molecule has 6 nitrogen and oxygen atoms in total. The summed E-state index contributed by atoms with van der Waals surface area (Å²) >= 11 is 0. The molecule has 1 aliphatic heterocycles. The molecule has 0 N–H and O–H groups in total. The zero-order chi connectivity index (χ0) is 15.5. The van der Waals surface area contributed by atoms with Crippen molar-refractivity contribution < 1.29 is 9.32 Å². The Hall–Kier alpha value is -2.24. The summed E-state index contributed by atoms with van der Waals surface area (Å²) in [5.41, 5.74) is 0.595. The second-order valence-electron chi connectivity index (χ2n) is 5.90. The Kier molecular flexibility index (Phi) is 4.18. The van der Waals surface area contributed by atoms with Crippen molar-refractivity contribution in [1.29, 1.82) is 0 Å². The van der Waals surface area contributed by atoms with E-state index >= 15 is 0 Å². The lowest BCUT2D eigenvalue weighted by Crippen LogP contribution is -2.38. The zero-order valence-corrected chi connectivity index (χ0v) is 12.9. The van der Waals surface area contributed by atoms with Crippen molar-refractivity contribution in [2.75, 3.05) is 6.54 Å². The van der Waals surface area contributed by atoms with Gasteiger partial charge in [-0.1, -0.05) is 19.0 Å². The van der Waals surface area contributed by atoms with Crippen LogP contribution in [-0.2, 0) is 0 Å². The molecule has 1 saturated heterocycles. The number of pyridine rings is 1. The van der Waals surface area contributed by atoms with Crippen molar-refractivity contribution in [1.82, 2.24) is 20.0 Å². The van der Waals surface area contributed by atoms with Gasteiger partial charge in [-0.2, -0.15) is 4.98 Å². The van der Waals surface area contributed by atoms with Crippen LogP contribution in [0.15, 0.2) is 29.0 Å². The van der Waals surface area contributed by atoms with E-state index in [-0.39, 0.29) is 17.9 Å². The highest BCUT2D eigenvalue weighted by atomic mass is 16.5. The van der Waals surface area contributed by atoms with Gasteiger partial charge in [0.15, 0.2) is 5.82 Å². The molecule has 0 spiro atoms. The highest BCUT2D eigenvalue weighted by Gasteiger charge is 2.32. The third-order valence-electron chi connectivity index (χ3n) is 3.93. The van der Waals surface area contributed by atoms with Crippen molar-refractivity contribution in [3.63, 3.8) is 0 Å². The lowest BCUT2D eigenvalue weighted by atomic mass is 10.0. The van der Waals surface area contributed by atoms with Crippen LogP contribution in [0, 0.1) is 0 Å². The molecule has 1 atom stereocenters. The normalized spacial score (nSPS) is 18.7.